The molecule has 0 aliphatic rings. The second-order valence-electron chi connectivity index (χ2n) is 3.10. The van der Waals surface area contributed by atoms with Crippen LogP contribution in [0.2, 0.25) is 0 Å². The van der Waals surface area contributed by atoms with Crippen molar-refractivity contribution in [2.24, 2.45) is 0 Å². The van der Waals surface area contributed by atoms with Crippen molar-refractivity contribution >= 4 is 0 Å². The van der Waals surface area contributed by atoms with E-state index in [1.165, 1.54) is 0 Å². The average Bonchev–Trinajstić information content (AvgIpc) is 2.26. The number of aliphatic hydroxyl groups excluding tert-OH is 1. The summed E-state index contributed by atoms with van der Waals surface area (Å²) in [6.45, 7) is 5.42. The Bertz CT molecular complexity index is 302. The zero-order valence-corrected chi connectivity index (χ0v) is 9.19. The van der Waals surface area contributed by atoms with E-state index in [4.69, 9.17) is 14.6 Å². The molecule has 1 rings (SSSR count). The lowest BCUT2D eigenvalue weighted by molar-refractivity contribution is 0.109. The maximum absolute atomic E-state index is 9.07. The minimum atomic E-state index is -0.106. The molecule has 0 spiro atoms. The molecule has 0 saturated heterocycles. The first-order valence-corrected chi connectivity index (χ1v) is 5.05. The molecule has 0 radical (unpaired) electrons. The highest BCUT2D eigenvalue weighted by Crippen LogP contribution is 2.16. The van der Waals surface area contributed by atoms with Crippen molar-refractivity contribution in [3.05, 3.63) is 23.5 Å². The Labute approximate surface area is 89.9 Å². The third-order valence-electron chi connectivity index (χ3n) is 1.91. The standard InChI is InChI=1S/C11H17NO3/c1-3-14-6-7-15-11-5-4-9(2)12-10(11)8-13/h4-5,13H,3,6-8H2,1-2H3. The van der Waals surface area contributed by atoms with Crippen LogP contribution >= 0.6 is 0 Å². The van der Waals surface area contributed by atoms with Gasteiger partial charge in [0, 0.05) is 12.3 Å². The fourth-order valence-electron chi connectivity index (χ4n) is 1.20. The third-order valence-corrected chi connectivity index (χ3v) is 1.91. The molecule has 0 bridgehead atoms. The number of aromatic nitrogens is 1. The second-order valence-corrected chi connectivity index (χ2v) is 3.10. The van der Waals surface area contributed by atoms with Crippen LogP contribution in [0.5, 0.6) is 5.75 Å². The molecule has 0 fully saturated rings. The number of ether oxygens (including phenoxy) is 2. The van der Waals surface area contributed by atoms with Crippen LogP contribution in [0.15, 0.2) is 12.1 Å². The number of nitrogens with zero attached hydrogens (tertiary/aromatic N) is 1. The molecular weight excluding hydrogens is 194 g/mol. The van der Waals surface area contributed by atoms with E-state index < -0.39 is 0 Å². The second kappa shape index (κ2) is 6.37. The fraction of sp³-hybridized carbons (Fsp3) is 0.545. The molecule has 0 aliphatic carbocycles. The SMILES string of the molecule is CCOCCOc1ccc(C)nc1CO. The lowest BCUT2D eigenvalue weighted by atomic mass is 10.3. The van der Waals surface area contributed by atoms with Gasteiger partial charge in [0.05, 0.1) is 13.2 Å². The summed E-state index contributed by atoms with van der Waals surface area (Å²) in [4.78, 5) is 4.17. The van der Waals surface area contributed by atoms with Crippen molar-refractivity contribution in [1.29, 1.82) is 0 Å². The van der Waals surface area contributed by atoms with Crippen molar-refractivity contribution < 1.29 is 14.6 Å². The van der Waals surface area contributed by atoms with Crippen LogP contribution < -0.4 is 4.74 Å². The molecule has 0 aliphatic heterocycles. The molecule has 0 unspecified atom stereocenters. The summed E-state index contributed by atoms with van der Waals surface area (Å²) in [6, 6.07) is 3.68. The summed E-state index contributed by atoms with van der Waals surface area (Å²) in [5, 5.41) is 9.07. The van der Waals surface area contributed by atoms with E-state index in [0.29, 0.717) is 31.3 Å². The minimum Gasteiger partial charge on any atom is -0.489 e. The maximum Gasteiger partial charge on any atom is 0.143 e. The first kappa shape index (κ1) is 11.9. The maximum atomic E-state index is 9.07. The van der Waals surface area contributed by atoms with Gasteiger partial charge >= 0.3 is 0 Å². The summed E-state index contributed by atoms with van der Waals surface area (Å²) in [5.74, 6) is 0.628. The number of aliphatic hydroxyl groups is 1. The predicted octanol–water partition coefficient (Wildman–Crippen LogP) is 1.30. The summed E-state index contributed by atoms with van der Waals surface area (Å²) in [7, 11) is 0. The van der Waals surface area contributed by atoms with Gasteiger partial charge in [0.2, 0.25) is 0 Å². The fourth-order valence-corrected chi connectivity index (χ4v) is 1.20. The molecule has 15 heavy (non-hydrogen) atoms. The monoisotopic (exact) mass is 211 g/mol. The van der Waals surface area contributed by atoms with Gasteiger partial charge in [-0.05, 0) is 26.0 Å². The van der Waals surface area contributed by atoms with Gasteiger partial charge in [-0.1, -0.05) is 0 Å². The zero-order chi connectivity index (χ0) is 11.1. The highest BCUT2D eigenvalue weighted by atomic mass is 16.5. The van der Waals surface area contributed by atoms with E-state index in [-0.39, 0.29) is 6.61 Å². The van der Waals surface area contributed by atoms with E-state index >= 15 is 0 Å². The molecule has 1 N–H and O–H groups in total. The largest absolute Gasteiger partial charge is 0.489 e. The van der Waals surface area contributed by atoms with Gasteiger partial charge in [-0.2, -0.15) is 0 Å². The summed E-state index contributed by atoms with van der Waals surface area (Å²) in [5.41, 5.74) is 1.45. The summed E-state index contributed by atoms with van der Waals surface area (Å²) in [6.07, 6.45) is 0. The van der Waals surface area contributed by atoms with Gasteiger partial charge in [-0.25, -0.2) is 0 Å². The quantitative estimate of drug-likeness (QED) is 0.720. The van der Waals surface area contributed by atoms with Crippen molar-refractivity contribution in [2.75, 3.05) is 19.8 Å². The smallest absolute Gasteiger partial charge is 0.143 e. The number of pyridine rings is 1. The molecule has 1 aromatic heterocycles. The van der Waals surface area contributed by atoms with Crippen molar-refractivity contribution in [3.8, 4) is 5.75 Å². The zero-order valence-electron chi connectivity index (χ0n) is 9.19. The first-order chi connectivity index (χ1) is 7.27. The van der Waals surface area contributed by atoms with Gasteiger partial charge in [0.25, 0.3) is 0 Å². The Hall–Kier alpha value is -1.13. The highest BCUT2D eigenvalue weighted by molar-refractivity contribution is 5.28. The Kier molecular flexibility index (Phi) is 5.07. The molecule has 0 atom stereocenters. The molecule has 1 heterocycles. The Morgan fingerprint density at radius 1 is 1.33 bits per heavy atom. The Morgan fingerprint density at radius 3 is 2.80 bits per heavy atom. The molecule has 1 aromatic rings. The highest BCUT2D eigenvalue weighted by Gasteiger charge is 2.04. The van der Waals surface area contributed by atoms with E-state index in [0.717, 1.165) is 5.69 Å². The van der Waals surface area contributed by atoms with Gasteiger partial charge in [-0.3, -0.25) is 4.98 Å². The topological polar surface area (TPSA) is 51.6 Å². The van der Waals surface area contributed by atoms with Gasteiger partial charge < -0.3 is 14.6 Å². The lowest BCUT2D eigenvalue weighted by Gasteiger charge is -2.09. The van der Waals surface area contributed by atoms with Crippen LogP contribution in [-0.2, 0) is 11.3 Å². The van der Waals surface area contributed by atoms with Crippen molar-refractivity contribution in [1.82, 2.24) is 4.98 Å². The van der Waals surface area contributed by atoms with Gasteiger partial charge in [0.1, 0.15) is 18.1 Å². The molecular formula is C11H17NO3. The number of aryl methyl sites for hydroxylation is 1. The summed E-state index contributed by atoms with van der Waals surface area (Å²) < 4.78 is 10.6. The van der Waals surface area contributed by atoms with Crippen molar-refractivity contribution in [3.63, 3.8) is 0 Å². The minimum absolute atomic E-state index is 0.106. The molecule has 4 nitrogen and oxygen atoms in total. The number of hydrogen-bond acceptors (Lipinski definition) is 4. The third kappa shape index (κ3) is 3.85. The van der Waals surface area contributed by atoms with E-state index in [2.05, 4.69) is 4.98 Å². The van der Waals surface area contributed by atoms with E-state index in [1.54, 1.807) is 0 Å². The van der Waals surface area contributed by atoms with Crippen LogP contribution in [0.1, 0.15) is 18.3 Å². The molecule has 84 valence electrons. The molecule has 0 amide bonds. The normalized spacial score (nSPS) is 10.3. The lowest BCUT2D eigenvalue weighted by Crippen LogP contribution is -2.08. The molecule has 4 heteroatoms. The Balaban J connectivity index is 2.52. The van der Waals surface area contributed by atoms with Crippen LogP contribution in [0.25, 0.3) is 0 Å². The van der Waals surface area contributed by atoms with Crippen LogP contribution in [0, 0.1) is 6.92 Å². The summed E-state index contributed by atoms with van der Waals surface area (Å²) >= 11 is 0. The average molecular weight is 211 g/mol. The predicted molar refractivity (Wildman–Crippen MR) is 56.9 cm³/mol. The molecule has 0 saturated carbocycles. The van der Waals surface area contributed by atoms with Crippen LogP contribution in [0.3, 0.4) is 0 Å². The number of rotatable bonds is 6. The van der Waals surface area contributed by atoms with Gasteiger partial charge in [0.15, 0.2) is 0 Å². The van der Waals surface area contributed by atoms with E-state index in [1.807, 2.05) is 26.0 Å². The van der Waals surface area contributed by atoms with Crippen LogP contribution in [0.4, 0.5) is 0 Å². The van der Waals surface area contributed by atoms with Gasteiger partial charge in [-0.15, -0.1) is 0 Å². The first-order valence-electron chi connectivity index (χ1n) is 5.05. The van der Waals surface area contributed by atoms with E-state index in [9.17, 15) is 0 Å². The molecule has 0 aromatic carbocycles. The number of hydrogen-bond donors (Lipinski definition) is 1. The van der Waals surface area contributed by atoms with Crippen LogP contribution in [-0.4, -0.2) is 29.9 Å². The Morgan fingerprint density at radius 2 is 2.13 bits per heavy atom. The van der Waals surface area contributed by atoms with Crippen molar-refractivity contribution in [2.45, 2.75) is 20.5 Å².